The van der Waals surface area contributed by atoms with E-state index in [1.54, 1.807) is 35.7 Å². The molecule has 1 aliphatic heterocycles. The first-order valence-electron chi connectivity index (χ1n) is 7.89. The van der Waals surface area contributed by atoms with E-state index in [0.29, 0.717) is 12.1 Å². The van der Waals surface area contributed by atoms with E-state index in [4.69, 9.17) is 0 Å². The molecule has 2 aromatic carbocycles. The highest BCUT2D eigenvalue weighted by molar-refractivity contribution is 7.99. The third-order valence-electron chi connectivity index (χ3n) is 4.03. The first-order valence-corrected chi connectivity index (χ1v) is 10.5. The molecule has 1 heterocycles. The Bertz CT molecular complexity index is 845. The number of carbonyl (C=O) groups is 1. The predicted molar refractivity (Wildman–Crippen MR) is 97.6 cm³/mol. The number of fused-ring (bicyclic) bond motifs is 1. The van der Waals surface area contributed by atoms with Crippen LogP contribution in [0.4, 0.5) is 5.69 Å². The highest BCUT2D eigenvalue weighted by Crippen LogP contribution is 2.34. The van der Waals surface area contributed by atoms with Crippen molar-refractivity contribution in [1.82, 2.24) is 0 Å². The Kier molecular flexibility index (Phi) is 4.96. The second kappa shape index (κ2) is 6.99. The zero-order valence-corrected chi connectivity index (χ0v) is 15.1. The van der Waals surface area contributed by atoms with Gasteiger partial charge in [0.1, 0.15) is 0 Å². The van der Waals surface area contributed by atoms with E-state index in [1.807, 2.05) is 24.3 Å². The van der Waals surface area contributed by atoms with Crippen LogP contribution in [0.15, 0.2) is 58.3 Å². The van der Waals surface area contributed by atoms with E-state index in [2.05, 4.69) is 0 Å². The molecule has 0 atom stereocenters. The first kappa shape index (κ1) is 17.0. The molecule has 24 heavy (non-hydrogen) atoms. The molecule has 6 heteroatoms. The van der Waals surface area contributed by atoms with Crippen molar-refractivity contribution in [2.24, 2.45) is 0 Å². The van der Waals surface area contributed by atoms with Crippen LogP contribution in [0.1, 0.15) is 23.7 Å². The number of nitrogens with zero attached hydrogens (tertiary/aromatic N) is 1. The van der Waals surface area contributed by atoms with Gasteiger partial charge in [-0.3, -0.25) is 4.79 Å². The Morgan fingerprint density at radius 1 is 1.12 bits per heavy atom. The van der Waals surface area contributed by atoms with Gasteiger partial charge < -0.3 is 4.90 Å². The molecule has 2 aromatic rings. The molecule has 0 bridgehead atoms. The lowest BCUT2D eigenvalue weighted by atomic mass is 10.1. The van der Waals surface area contributed by atoms with Gasteiger partial charge in [-0.25, -0.2) is 8.42 Å². The maximum Gasteiger partial charge on any atom is 0.258 e. The van der Waals surface area contributed by atoms with Gasteiger partial charge in [-0.05, 0) is 48.6 Å². The number of anilines is 1. The number of sulfone groups is 1. The maximum absolute atomic E-state index is 12.9. The van der Waals surface area contributed by atoms with Crippen LogP contribution in [-0.4, -0.2) is 32.4 Å². The van der Waals surface area contributed by atoms with Crippen LogP contribution in [0.5, 0.6) is 0 Å². The zero-order valence-electron chi connectivity index (χ0n) is 13.4. The largest absolute Gasteiger partial charge is 0.307 e. The molecule has 126 valence electrons. The Labute approximate surface area is 146 Å². The van der Waals surface area contributed by atoms with Gasteiger partial charge in [0.25, 0.3) is 5.91 Å². The number of amides is 1. The third kappa shape index (κ3) is 3.35. The van der Waals surface area contributed by atoms with Gasteiger partial charge in [0, 0.05) is 17.0 Å². The summed E-state index contributed by atoms with van der Waals surface area (Å²) in [5.41, 5.74) is 1.43. The predicted octanol–water partition coefficient (Wildman–Crippen LogP) is 3.62. The topological polar surface area (TPSA) is 54.5 Å². The molecule has 0 aromatic heterocycles. The van der Waals surface area contributed by atoms with Crippen molar-refractivity contribution < 1.29 is 13.2 Å². The van der Waals surface area contributed by atoms with Crippen LogP contribution in [0.2, 0.25) is 0 Å². The summed E-state index contributed by atoms with van der Waals surface area (Å²) in [6, 6.07) is 14.1. The van der Waals surface area contributed by atoms with Crippen molar-refractivity contribution in [3.05, 3.63) is 54.1 Å². The van der Waals surface area contributed by atoms with Gasteiger partial charge >= 0.3 is 0 Å². The molecule has 4 nitrogen and oxygen atoms in total. The minimum Gasteiger partial charge on any atom is -0.307 e. The van der Waals surface area contributed by atoms with Gasteiger partial charge in [0.15, 0.2) is 9.84 Å². The third-order valence-corrected chi connectivity index (χ3v) is 6.92. The fourth-order valence-electron chi connectivity index (χ4n) is 2.67. The number of hydrogen-bond donors (Lipinski definition) is 0. The van der Waals surface area contributed by atoms with Crippen LogP contribution in [0.25, 0.3) is 0 Å². The Hall–Kier alpha value is -1.79. The maximum atomic E-state index is 12.9. The number of benzene rings is 2. The normalized spacial score (nSPS) is 14.8. The van der Waals surface area contributed by atoms with Crippen molar-refractivity contribution in [1.29, 1.82) is 0 Å². The van der Waals surface area contributed by atoms with Crippen LogP contribution in [-0.2, 0) is 9.84 Å². The van der Waals surface area contributed by atoms with Crippen LogP contribution < -0.4 is 4.90 Å². The average molecular weight is 361 g/mol. The molecular formula is C18H19NO3S2. The lowest BCUT2D eigenvalue weighted by Gasteiger charge is -2.22. The molecule has 0 N–H and O–H groups in total. The van der Waals surface area contributed by atoms with E-state index in [-0.39, 0.29) is 16.6 Å². The summed E-state index contributed by atoms with van der Waals surface area (Å²) in [6.45, 7) is 2.28. The number of rotatable bonds is 3. The summed E-state index contributed by atoms with van der Waals surface area (Å²) in [4.78, 5) is 16.1. The number of thioether (sulfide) groups is 1. The highest BCUT2D eigenvalue weighted by Gasteiger charge is 2.23. The summed E-state index contributed by atoms with van der Waals surface area (Å²) in [5, 5.41) is 0. The highest BCUT2D eigenvalue weighted by atomic mass is 32.2. The molecule has 1 amide bonds. The molecule has 0 fully saturated rings. The minimum absolute atomic E-state index is 0.0526. The number of hydrogen-bond acceptors (Lipinski definition) is 4. The van der Waals surface area contributed by atoms with E-state index in [0.717, 1.165) is 22.8 Å². The number of carbonyl (C=O) groups excluding carboxylic acids is 1. The zero-order chi connectivity index (χ0) is 17.2. The fourth-order valence-corrected chi connectivity index (χ4v) is 4.54. The van der Waals surface area contributed by atoms with Gasteiger partial charge in [0.2, 0.25) is 0 Å². The Morgan fingerprint density at radius 3 is 2.54 bits per heavy atom. The summed E-state index contributed by atoms with van der Waals surface area (Å²) in [5.74, 6) is 0.941. The van der Waals surface area contributed by atoms with Crippen molar-refractivity contribution in [2.75, 3.05) is 23.0 Å². The molecular weight excluding hydrogens is 342 g/mol. The van der Waals surface area contributed by atoms with E-state index >= 15 is 0 Å². The quantitative estimate of drug-likeness (QED) is 0.838. The summed E-state index contributed by atoms with van der Waals surface area (Å²) >= 11 is 1.76. The molecule has 0 spiro atoms. The average Bonchev–Trinajstić information content (AvgIpc) is 2.83. The van der Waals surface area contributed by atoms with Crippen molar-refractivity contribution in [2.45, 2.75) is 23.1 Å². The molecule has 3 rings (SSSR count). The standard InChI is InChI=1S/C18H19NO3S2/c1-2-24(21,22)15-10-8-14(9-11-15)18(20)19-12-5-13-23-17-7-4-3-6-16(17)19/h3-4,6-11H,2,5,12-13H2,1H3. The lowest BCUT2D eigenvalue weighted by molar-refractivity contribution is 0.0986. The summed E-state index contributed by atoms with van der Waals surface area (Å²) in [7, 11) is -3.25. The summed E-state index contributed by atoms with van der Waals surface area (Å²) < 4.78 is 23.8. The minimum atomic E-state index is -3.25. The second-order valence-corrected chi connectivity index (χ2v) is 8.97. The lowest BCUT2D eigenvalue weighted by Crippen LogP contribution is -2.31. The molecule has 0 unspecified atom stereocenters. The van der Waals surface area contributed by atoms with E-state index in [9.17, 15) is 13.2 Å². The molecule has 0 radical (unpaired) electrons. The van der Waals surface area contributed by atoms with Gasteiger partial charge in [-0.2, -0.15) is 0 Å². The molecule has 0 saturated heterocycles. The number of para-hydroxylation sites is 1. The van der Waals surface area contributed by atoms with Gasteiger partial charge in [0.05, 0.1) is 16.3 Å². The smallest absolute Gasteiger partial charge is 0.258 e. The van der Waals surface area contributed by atoms with Crippen molar-refractivity contribution in [3.63, 3.8) is 0 Å². The van der Waals surface area contributed by atoms with Gasteiger partial charge in [-0.15, -0.1) is 11.8 Å². The van der Waals surface area contributed by atoms with Gasteiger partial charge in [-0.1, -0.05) is 19.1 Å². The second-order valence-electron chi connectivity index (χ2n) is 5.55. The Morgan fingerprint density at radius 2 is 1.83 bits per heavy atom. The molecule has 1 aliphatic rings. The fraction of sp³-hybridized carbons (Fsp3) is 0.278. The molecule has 0 saturated carbocycles. The Balaban J connectivity index is 1.92. The van der Waals surface area contributed by atoms with Crippen LogP contribution in [0, 0.1) is 0 Å². The summed E-state index contributed by atoms with van der Waals surface area (Å²) in [6.07, 6.45) is 0.924. The van der Waals surface area contributed by atoms with Crippen LogP contribution in [0.3, 0.4) is 0 Å². The van der Waals surface area contributed by atoms with Crippen molar-refractivity contribution >= 4 is 33.2 Å². The van der Waals surface area contributed by atoms with Crippen LogP contribution >= 0.6 is 11.8 Å². The van der Waals surface area contributed by atoms with Crippen molar-refractivity contribution in [3.8, 4) is 0 Å². The van der Waals surface area contributed by atoms with E-state index in [1.165, 1.54) is 12.1 Å². The monoisotopic (exact) mass is 361 g/mol. The molecule has 0 aliphatic carbocycles. The first-order chi connectivity index (χ1) is 11.5. The SMILES string of the molecule is CCS(=O)(=O)c1ccc(C(=O)N2CCCSc3ccccc32)cc1. The van der Waals surface area contributed by atoms with E-state index < -0.39 is 9.84 Å².